The number of halogens is 3. The van der Waals surface area contributed by atoms with E-state index < -0.39 is 5.97 Å². The number of amides is 2. The van der Waals surface area contributed by atoms with Crippen LogP contribution in [0.25, 0.3) is 0 Å². The van der Waals surface area contributed by atoms with Crippen molar-refractivity contribution in [2.75, 3.05) is 18.0 Å². The van der Waals surface area contributed by atoms with Crippen molar-refractivity contribution in [2.24, 2.45) is 0 Å². The van der Waals surface area contributed by atoms with Crippen molar-refractivity contribution in [1.82, 2.24) is 4.90 Å². The summed E-state index contributed by atoms with van der Waals surface area (Å²) in [7, 11) is 0. The molecular weight excluding hydrogens is 479 g/mol. The topological polar surface area (TPSA) is 60.9 Å². The highest BCUT2D eigenvalue weighted by molar-refractivity contribution is 9.10. The molecule has 29 heavy (non-hydrogen) atoms. The molecule has 8 heteroatoms. The van der Waals surface area contributed by atoms with Gasteiger partial charge in [0.25, 0.3) is 0 Å². The first-order valence-corrected chi connectivity index (χ1v) is 10.5. The maximum Gasteiger partial charge on any atom is 0.325 e. The van der Waals surface area contributed by atoms with E-state index in [1.54, 1.807) is 21.9 Å². The van der Waals surface area contributed by atoms with Gasteiger partial charge in [-0.1, -0.05) is 51.3 Å². The Kier molecular flexibility index (Phi) is 7.22. The Morgan fingerprint density at radius 3 is 2.52 bits per heavy atom. The van der Waals surface area contributed by atoms with Crippen molar-refractivity contribution in [2.45, 2.75) is 19.4 Å². The van der Waals surface area contributed by atoms with Crippen LogP contribution in [0, 0.1) is 0 Å². The lowest BCUT2D eigenvalue weighted by Crippen LogP contribution is -2.50. The fraction of sp³-hybridized carbons (Fsp3) is 0.238. The summed E-state index contributed by atoms with van der Waals surface area (Å²) >= 11 is 15.7. The van der Waals surface area contributed by atoms with Crippen molar-refractivity contribution >= 4 is 56.8 Å². The smallest absolute Gasteiger partial charge is 0.325 e. The van der Waals surface area contributed by atoms with Gasteiger partial charge in [-0.2, -0.15) is 0 Å². The van der Waals surface area contributed by atoms with Crippen LogP contribution in [-0.4, -0.2) is 35.1 Å². The summed E-state index contributed by atoms with van der Waals surface area (Å²) in [4.78, 5) is 27.4. The Hall–Kier alpha value is -2.02. The third-order valence-electron chi connectivity index (χ3n) is 4.56. The largest absolute Gasteiger partial charge is 0.481 e. The second-order valence-corrected chi connectivity index (χ2v) is 8.49. The van der Waals surface area contributed by atoms with Gasteiger partial charge in [0.15, 0.2) is 0 Å². The van der Waals surface area contributed by atoms with Gasteiger partial charge in [-0.25, -0.2) is 4.79 Å². The molecule has 0 aliphatic carbocycles. The lowest BCUT2D eigenvalue weighted by atomic mass is 10.1. The first kappa shape index (κ1) is 21.7. The van der Waals surface area contributed by atoms with Crippen LogP contribution in [0.3, 0.4) is 0 Å². The molecule has 1 fully saturated rings. The van der Waals surface area contributed by atoms with Gasteiger partial charge in [-0.05, 0) is 54.0 Å². The summed E-state index contributed by atoms with van der Waals surface area (Å²) in [5.74, 6) is -0.844. The van der Waals surface area contributed by atoms with Crippen LogP contribution in [0.15, 0.2) is 58.6 Å². The first-order chi connectivity index (χ1) is 13.8. The SMILES string of the molecule is O=C(O)CC/C=C1\CN(Cc2ccc(Cl)cc2Cl)C(=O)N(c2ccc(Br)cc2)C1. The fourth-order valence-corrected chi connectivity index (χ4v) is 3.87. The summed E-state index contributed by atoms with van der Waals surface area (Å²) in [5.41, 5.74) is 2.56. The predicted molar refractivity (Wildman–Crippen MR) is 119 cm³/mol. The Labute approximate surface area is 187 Å². The van der Waals surface area contributed by atoms with E-state index in [0.29, 0.717) is 36.1 Å². The van der Waals surface area contributed by atoms with E-state index in [9.17, 15) is 9.59 Å². The molecule has 1 N–H and O–H groups in total. The molecular formula is C21H19BrCl2N2O3. The van der Waals surface area contributed by atoms with Gasteiger partial charge in [-0.15, -0.1) is 0 Å². The first-order valence-electron chi connectivity index (χ1n) is 8.99. The third-order valence-corrected chi connectivity index (χ3v) is 5.68. The molecule has 0 bridgehead atoms. The lowest BCUT2D eigenvalue weighted by molar-refractivity contribution is -0.136. The molecule has 1 aliphatic heterocycles. The Morgan fingerprint density at radius 2 is 1.86 bits per heavy atom. The predicted octanol–water partition coefficient (Wildman–Crippen LogP) is 5.99. The van der Waals surface area contributed by atoms with Crippen molar-refractivity contribution in [1.29, 1.82) is 0 Å². The molecule has 1 saturated heterocycles. The van der Waals surface area contributed by atoms with E-state index in [2.05, 4.69) is 15.9 Å². The molecule has 2 aromatic rings. The van der Waals surface area contributed by atoms with Crippen LogP contribution >= 0.6 is 39.1 Å². The molecule has 2 amide bonds. The normalized spacial score (nSPS) is 15.8. The number of urea groups is 1. The lowest BCUT2D eigenvalue weighted by Gasteiger charge is -2.37. The second kappa shape index (κ2) is 9.65. The van der Waals surface area contributed by atoms with Crippen LogP contribution in [0.2, 0.25) is 10.0 Å². The van der Waals surface area contributed by atoms with E-state index in [0.717, 1.165) is 21.3 Å². The van der Waals surface area contributed by atoms with Gasteiger partial charge < -0.3 is 10.0 Å². The molecule has 1 heterocycles. The number of rotatable bonds is 6. The highest BCUT2D eigenvalue weighted by Crippen LogP contribution is 2.28. The van der Waals surface area contributed by atoms with Gasteiger partial charge in [-0.3, -0.25) is 9.69 Å². The number of allylic oxidation sites excluding steroid dienone is 1. The molecule has 0 aromatic heterocycles. The van der Waals surface area contributed by atoms with E-state index >= 15 is 0 Å². The molecule has 0 spiro atoms. The number of anilines is 1. The second-order valence-electron chi connectivity index (χ2n) is 6.73. The Balaban J connectivity index is 1.87. The van der Waals surface area contributed by atoms with Crippen molar-refractivity contribution in [3.63, 3.8) is 0 Å². The molecule has 0 atom stereocenters. The molecule has 3 rings (SSSR count). The number of hydrogen-bond acceptors (Lipinski definition) is 2. The zero-order chi connectivity index (χ0) is 21.0. The number of carboxylic acid groups (broad SMARTS) is 1. The minimum absolute atomic E-state index is 0.0543. The minimum Gasteiger partial charge on any atom is -0.481 e. The number of carbonyl (C=O) groups is 2. The zero-order valence-electron chi connectivity index (χ0n) is 15.4. The van der Waals surface area contributed by atoms with Gasteiger partial charge in [0.2, 0.25) is 0 Å². The van der Waals surface area contributed by atoms with Crippen LogP contribution in [0.1, 0.15) is 18.4 Å². The van der Waals surface area contributed by atoms with E-state index in [-0.39, 0.29) is 12.5 Å². The number of carbonyl (C=O) groups excluding carboxylic acids is 1. The summed E-state index contributed by atoms with van der Waals surface area (Å²) in [6.45, 7) is 1.17. The number of hydrogen-bond donors (Lipinski definition) is 1. The van der Waals surface area contributed by atoms with Gasteiger partial charge in [0.05, 0.1) is 6.54 Å². The van der Waals surface area contributed by atoms with E-state index in [1.165, 1.54) is 0 Å². The highest BCUT2D eigenvalue weighted by atomic mass is 79.9. The van der Waals surface area contributed by atoms with Crippen molar-refractivity contribution < 1.29 is 14.7 Å². The molecule has 0 radical (unpaired) electrons. The fourth-order valence-electron chi connectivity index (χ4n) is 3.13. The molecule has 0 saturated carbocycles. The average Bonchev–Trinajstić information content (AvgIpc) is 2.66. The van der Waals surface area contributed by atoms with Gasteiger partial charge in [0.1, 0.15) is 0 Å². The van der Waals surface area contributed by atoms with Gasteiger partial charge >= 0.3 is 12.0 Å². The molecule has 0 unspecified atom stereocenters. The number of benzene rings is 2. The maximum atomic E-state index is 13.2. The Morgan fingerprint density at radius 1 is 1.14 bits per heavy atom. The Bertz CT molecular complexity index is 947. The molecule has 152 valence electrons. The molecule has 5 nitrogen and oxygen atoms in total. The van der Waals surface area contributed by atoms with E-state index in [1.807, 2.05) is 36.4 Å². The highest BCUT2D eigenvalue weighted by Gasteiger charge is 2.29. The minimum atomic E-state index is -0.844. The van der Waals surface area contributed by atoms with Crippen LogP contribution in [0.4, 0.5) is 10.5 Å². The van der Waals surface area contributed by atoms with Crippen LogP contribution in [0.5, 0.6) is 0 Å². The molecule has 1 aliphatic rings. The summed E-state index contributed by atoms with van der Waals surface area (Å²) < 4.78 is 0.924. The monoisotopic (exact) mass is 496 g/mol. The van der Waals surface area contributed by atoms with Crippen LogP contribution in [-0.2, 0) is 11.3 Å². The zero-order valence-corrected chi connectivity index (χ0v) is 18.5. The average molecular weight is 498 g/mol. The quantitative estimate of drug-likeness (QED) is 0.498. The maximum absolute atomic E-state index is 13.2. The van der Waals surface area contributed by atoms with E-state index in [4.69, 9.17) is 28.3 Å². The number of aliphatic carboxylic acids is 1. The summed E-state index contributed by atoms with van der Waals surface area (Å²) in [6, 6.07) is 12.6. The standard InChI is InChI=1S/C21H19BrCl2N2O3/c22-16-5-8-18(9-6-16)26-12-14(2-1-3-20(27)28)11-25(21(26)29)13-15-4-7-17(23)10-19(15)24/h2,4-10H,1,3,11-13H2,(H,27,28)/b14-2+. The third kappa shape index (κ3) is 5.75. The van der Waals surface area contributed by atoms with Crippen molar-refractivity contribution in [3.05, 3.63) is 74.2 Å². The molecule has 2 aromatic carbocycles. The number of nitrogens with zero attached hydrogens (tertiary/aromatic N) is 2. The van der Waals surface area contributed by atoms with Gasteiger partial charge in [0, 0.05) is 39.7 Å². The number of carboxylic acids is 1. The van der Waals surface area contributed by atoms with Crippen molar-refractivity contribution in [3.8, 4) is 0 Å². The van der Waals surface area contributed by atoms with Crippen LogP contribution < -0.4 is 4.90 Å². The summed E-state index contributed by atoms with van der Waals surface area (Å²) in [5, 5.41) is 9.95. The summed E-state index contributed by atoms with van der Waals surface area (Å²) in [6.07, 6.45) is 2.38.